The number of nitrogens with one attached hydrogen (secondary N) is 2. The predicted molar refractivity (Wildman–Crippen MR) is 130 cm³/mol. The van der Waals surface area contributed by atoms with Crippen molar-refractivity contribution in [2.45, 2.75) is 26.7 Å². The normalized spacial score (nSPS) is 11.4. The Morgan fingerprint density at radius 3 is 1.31 bits per heavy atom. The fourth-order valence-electron chi connectivity index (χ4n) is 3.22. The Kier molecular flexibility index (Phi) is 10.9. The van der Waals surface area contributed by atoms with Crippen molar-refractivity contribution in [1.82, 2.24) is 10.6 Å². The molecule has 172 valence electrons. The lowest BCUT2D eigenvalue weighted by Crippen LogP contribution is -2.28. The molecular formula is C24H28Cl2N2O4. The highest BCUT2D eigenvalue weighted by atomic mass is 35.5. The molecule has 2 amide bonds. The number of hydrogen-bond acceptors (Lipinski definition) is 4. The molecule has 0 spiro atoms. The number of benzene rings is 2. The van der Waals surface area contributed by atoms with E-state index in [1.54, 1.807) is 24.3 Å². The van der Waals surface area contributed by atoms with E-state index in [1.165, 1.54) is 11.1 Å². The average molecular weight is 479 g/mol. The zero-order chi connectivity index (χ0) is 23.3. The highest BCUT2D eigenvalue weighted by molar-refractivity contribution is 6.18. The van der Waals surface area contributed by atoms with Crippen LogP contribution < -0.4 is 20.1 Å². The Bertz CT molecular complexity index is 837. The summed E-state index contributed by atoms with van der Waals surface area (Å²) in [6.07, 6.45) is 0.604. The number of hydrogen-bond donors (Lipinski definition) is 2. The summed E-state index contributed by atoms with van der Waals surface area (Å²) in [5.74, 6) is 1.58. The maximum absolute atomic E-state index is 11.7. The number of carbonyl (C=O) groups excluding carboxylic acids is 2. The van der Waals surface area contributed by atoms with Gasteiger partial charge in [-0.1, -0.05) is 38.1 Å². The van der Waals surface area contributed by atoms with Crippen LogP contribution in [0, 0.1) is 0 Å². The Balaban J connectivity index is 2.18. The molecule has 2 aromatic rings. The van der Waals surface area contributed by atoms with Gasteiger partial charge in [0, 0.05) is 24.8 Å². The monoisotopic (exact) mass is 478 g/mol. The van der Waals surface area contributed by atoms with Crippen LogP contribution in [0.1, 0.15) is 37.8 Å². The Morgan fingerprint density at radius 2 is 1.03 bits per heavy atom. The minimum absolute atomic E-state index is 0.326. The first kappa shape index (κ1) is 25.6. The molecule has 8 heteroatoms. The van der Waals surface area contributed by atoms with Gasteiger partial charge in [-0.3, -0.25) is 0 Å². The number of carbonyl (C=O) groups is 2. The molecule has 0 aliphatic rings. The fourth-order valence-corrected chi connectivity index (χ4v) is 3.41. The zero-order valence-electron chi connectivity index (χ0n) is 18.3. The lowest BCUT2D eigenvalue weighted by atomic mass is 9.91. The minimum atomic E-state index is -0.530. The molecule has 0 atom stereocenters. The maximum Gasteiger partial charge on any atom is 0.412 e. The van der Waals surface area contributed by atoms with Crippen LogP contribution in [-0.2, 0) is 0 Å². The van der Waals surface area contributed by atoms with Crippen molar-refractivity contribution in [2.75, 3.05) is 24.8 Å². The van der Waals surface area contributed by atoms with Gasteiger partial charge in [0.1, 0.15) is 11.5 Å². The third-order valence-electron chi connectivity index (χ3n) is 4.63. The predicted octanol–water partition coefficient (Wildman–Crippen LogP) is 6.07. The van der Waals surface area contributed by atoms with Crippen molar-refractivity contribution in [3.8, 4) is 11.5 Å². The lowest BCUT2D eigenvalue weighted by Gasteiger charge is -2.15. The second kappa shape index (κ2) is 13.7. The molecule has 0 fully saturated rings. The van der Waals surface area contributed by atoms with Crippen molar-refractivity contribution in [3.05, 3.63) is 59.7 Å². The van der Waals surface area contributed by atoms with Gasteiger partial charge in [0.05, 0.1) is 0 Å². The summed E-state index contributed by atoms with van der Waals surface area (Å²) in [6, 6.07) is 14.9. The number of amides is 2. The Labute approximate surface area is 198 Å². The topological polar surface area (TPSA) is 76.7 Å². The summed E-state index contributed by atoms with van der Waals surface area (Å²) in [7, 11) is 0. The molecule has 0 aliphatic carbocycles. The van der Waals surface area contributed by atoms with Gasteiger partial charge in [-0.15, -0.1) is 23.2 Å². The van der Waals surface area contributed by atoms with E-state index in [9.17, 15) is 9.59 Å². The first-order valence-corrected chi connectivity index (χ1v) is 11.5. The van der Waals surface area contributed by atoms with Crippen LogP contribution in [0.4, 0.5) is 9.59 Å². The van der Waals surface area contributed by atoms with E-state index >= 15 is 0 Å². The van der Waals surface area contributed by atoms with Gasteiger partial charge in [0.15, 0.2) is 0 Å². The number of allylic oxidation sites excluding steroid dienone is 2. The number of alkyl halides is 2. The summed E-state index contributed by atoms with van der Waals surface area (Å²) >= 11 is 11.1. The first-order valence-electron chi connectivity index (χ1n) is 10.5. The van der Waals surface area contributed by atoms with E-state index in [0.717, 1.165) is 24.0 Å². The third kappa shape index (κ3) is 7.77. The molecule has 32 heavy (non-hydrogen) atoms. The molecule has 0 saturated carbocycles. The molecule has 0 aromatic heterocycles. The van der Waals surface area contributed by atoms with Crippen molar-refractivity contribution in [3.63, 3.8) is 0 Å². The number of rotatable bonds is 10. The molecule has 0 bridgehead atoms. The molecule has 2 rings (SSSR count). The van der Waals surface area contributed by atoms with Gasteiger partial charge >= 0.3 is 12.2 Å². The second-order valence-electron chi connectivity index (χ2n) is 6.72. The minimum Gasteiger partial charge on any atom is -0.410 e. The number of halogens is 2. The maximum atomic E-state index is 11.7. The fraction of sp³-hybridized carbons (Fsp3) is 0.333. The van der Waals surface area contributed by atoms with E-state index in [0.29, 0.717) is 36.3 Å². The molecule has 2 N–H and O–H groups in total. The van der Waals surface area contributed by atoms with Gasteiger partial charge in [-0.2, -0.15) is 0 Å². The summed E-state index contributed by atoms with van der Waals surface area (Å²) in [4.78, 5) is 23.4. The average Bonchev–Trinajstić information content (AvgIpc) is 2.81. The van der Waals surface area contributed by atoms with Gasteiger partial charge in [0.25, 0.3) is 0 Å². The molecule has 0 aliphatic heterocycles. The van der Waals surface area contributed by atoms with E-state index in [2.05, 4.69) is 24.5 Å². The highest BCUT2D eigenvalue weighted by Gasteiger charge is 2.11. The van der Waals surface area contributed by atoms with Gasteiger partial charge in [-0.05, 0) is 59.4 Å². The van der Waals surface area contributed by atoms with E-state index < -0.39 is 12.2 Å². The first-order chi connectivity index (χ1) is 15.5. The molecule has 6 nitrogen and oxygen atoms in total. The van der Waals surface area contributed by atoms with E-state index in [-0.39, 0.29) is 0 Å². The SMILES string of the molecule is CCC(=C(CC)c1ccc(OC(=O)NCCCl)cc1)c1ccc(OC(=O)NCCCl)cc1. The molecule has 0 unspecified atom stereocenters. The van der Waals surface area contributed by atoms with E-state index in [1.807, 2.05) is 24.3 Å². The van der Waals surface area contributed by atoms with Crippen LogP contribution in [0.25, 0.3) is 11.1 Å². The van der Waals surface area contributed by atoms with Crippen LogP contribution in [0.3, 0.4) is 0 Å². The van der Waals surface area contributed by atoms with Gasteiger partial charge in [0.2, 0.25) is 0 Å². The lowest BCUT2D eigenvalue weighted by molar-refractivity contribution is 0.200. The largest absolute Gasteiger partial charge is 0.412 e. The van der Waals surface area contributed by atoms with Crippen LogP contribution in [0.2, 0.25) is 0 Å². The van der Waals surface area contributed by atoms with E-state index in [4.69, 9.17) is 32.7 Å². The second-order valence-corrected chi connectivity index (χ2v) is 7.48. The Morgan fingerprint density at radius 1 is 0.688 bits per heavy atom. The van der Waals surface area contributed by atoms with Crippen LogP contribution in [-0.4, -0.2) is 37.0 Å². The Hall–Kier alpha value is -2.70. The third-order valence-corrected chi connectivity index (χ3v) is 5.00. The zero-order valence-corrected chi connectivity index (χ0v) is 19.8. The molecule has 0 saturated heterocycles. The van der Waals surface area contributed by atoms with Crippen LogP contribution in [0.5, 0.6) is 11.5 Å². The quantitative estimate of drug-likeness (QED) is 0.320. The van der Waals surface area contributed by atoms with Gasteiger partial charge < -0.3 is 20.1 Å². The van der Waals surface area contributed by atoms with Crippen molar-refractivity contribution in [1.29, 1.82) is 0 Å². The molecule has 0 heterocycles. The highest BCUT2D eigenvalue weighted by Crippen LogP contribution is 2.33. The summed E-state index contributed by atoms with van der Waals surface area (Å²) in [6.45, 7) is 4.91. The standard InChI is InChI=1S/C24H28Cl2N2O4/c1-3-21(17-5-9-19(10-6-17)31-23(29)27-15-13-25)22(4-2)18-7-11-20(12-8-18)32-24(30)28-16-14-26/h5-12H,3-4,13-16H2,1-2H3,(H,27,29)(H,28,30). The van der Waals surface area contributed by atoms with Crippen molar-refractivity contribution < 1.29 is 19.1 Å². The smallest absolute Gasteiger partial charge is 0.410 e. The van der Waals surface area contributed by atoms with Gasteiger partial charge in [-0.25, -0.2) is 9.59 Å². The van der Waals surface area contributed by atoms with Crippen molar-refractivity contribution in [2.24, 2.45) is 0 Å². The summed E-state index contributed by atoms with van der Waals surface area (Å²) in [5.41, 5.74) is 4.50. The molecular weight excluding hydrogens is 451 g/mol. The van der Waals surface area contributed by atoms with Crippen molar-refractivity contribution >= 4 is 46.5 Å². The van der Waals surface area contributed by atoms with Crippen LogP contribution >= 0.6 is 23.2 Å². The summed E-state index contributed by atoms with van der Waals surface area (Å²) in [5, 5.41) is 5.12. The molecule has 2 aromatic carbocycles. The molecule has 0 radical (unpaired) electrons. The summed E-state index contributed by atoms with van der Waals surface area (Å²) < 4.78 is 10.5. The number of ether oxygens (including phenoxy) is 2. The van der Waals surface area contributed by atoms with Crippen LogP contribution in [0.15, 0.2) is 48.5 Å².